The summed E-state index contributed by atoms with van der Waals surface area (Å²) in [5.74, 6) is 1.54. The Labute approximate surface area is 210 Å². The molecule has 0 radical (unpaired) electrons. The van der Waals surface area contributed by atoms with Crippen molar-refractivity contribution >= 4 is 50.2 Å². The predicted octanol–water partition coefficient (Wildman–Crippen LogP) is 5.62. The Morgan fingerprint density at radius 2 is 1.94 bits per heavy atom. The molecule has 0 aliphatic rings. The Hall–Kier alpha value is -3.98. The number of aromatic nitrogens is 4. The zero-order valence-corrected chi connectivity index (χ0v) is 21.1. The number of fused-ring (bicyclic) bond motifs is 3. The van der Waals surface area contributed by atoms with Crippen molar-refractivity contribution in [3.63, 3.8) is 0 Å². The van der Waals surface area contributed by atoms with Gasteiger partial charge < -0.3 is 14.0 Å². The number of hydrogen-bond acceptors (Lipinski definition) is 7. The number of ether oxygens (including phenoxy) is 2. The molecule has 0 saturated heterocycles. The van der Waals surface area contributed by atoms with Crippen LogP contribution in [0.5, 0.6) is 11.5 Å². The lowest BCUT2D eigenvalue weighted by Crippen LogP contribution is -2.02. The van der Waals surface area contributed by atoms with Crippen molar-refractivity contribution in [1.29, 1.82) is 0 Å². The summed E-state index contributed by atoms with van der Waals surface area (Å²) in [6.45, 7) is 2.50. The van der Waals surface area contributed by atoms with E-state index in [4.69, 9.17) is 9.47 Å². The molecule has 0 aliphatic carbocycles. The van der Waals surface area contributed by atoms with E-state index in [0.29, 0.717) is 24.1 Å². The molecule has 0 atom stereocenters. The number of nitrogens with one attached hydrogen (secondary N) is 1. The fourth-order valence-corrected chi connectivity index (χ4v) is 4.50. The van der Waals surface area contributed by atoms with Gasteiger partial charge in [-0.25, -0.2) is 5.43 Å². The van der Waals surface area contributed by atoms with Gasteiger partial charge in [0.05, 0.1) is 23.3 Å². The summed E-state index contributed by atoms with van der Waals surface area (Å²) >= 11 is 3.59. The maximum atomic E-state index is 6.04. The normalized spacial score (nSPS) is 11.4. The lowest BCUT2D eigenvalue weighted by molar-refractivity contribution is 0.282. The minimum atomic E-state index is 0.309. The van der Waals surface area contributed by atoms with Gasteiger partial charge in [-0.1, -0.05) is 48.0 Å². The topological polar surface area (TPSA) is 86.5 Å². The molecular weight excluding hydrogens is 508 g/mol. The number of para-hydroxylation sites is 1. The Morgan fingerprint density at radius 3 is 2.77 bits per heavy atom. The Bertz CT molecular complexity index is 1560. The summed E-state index contributed by atoms with van der Waals surface area (Å²) in [6.07, 6.45) is 1.66. The van der Waals surface area contributed by atoms with Crippen molar-refractivity contribution in [2.45, 2.75) is 13.5 Å². The number of anilines is 1. The third-order valence-electron chi connectivity index (χ3n) is 5.60. The first kappa shape index (κ1) is 22.8. The number of rotatable bonds is 7. The second-order valence-electron chi connectivity index (χ2n) is 8.07. The van der Waals surface area contributed by atoms with E-state index in [2.05, 4.69) is 60.7 Å². The van der Waals surface area contributed by atoms with Crippen LogP contribution in [0.15, 0.2) is 70.2 Å². The molecule has 9 heteroatoms. The highest BCUT2D eigenvalue weighted by molar-refractivity contribution is 9.10. The summed E-state index contributed by atoms with van der Waals surface area (Å²) < 4.78 is 14.4. The van der Waals surface area contributed by atoms with E-state index < -0.39 is 0 Å². The fourth-order valence-electron chi connectivity index (χ4n) is 3.93. The van der Waals surface area contributed by atoms with Crippen LogP contribution in [0.2, 0.25) is 0 Å². The van der Waals surface area contributed by atoms with Crippen molar-refractivity contribution in [3.8, 4) is 11.5 Å². The molecule has 1 N–H and O–H groups in total. The molecule has 0 bridgehead atoms. The molecule has 0 spiro atoms. The highest BCUT2D eigenvalue weighted by Gasteiger charge is 2.13. The molecule has 35 heavy (non-hydrogen) atoms. The van der Waals surface area contributed by atoms with Gasteiger partial charge in [-0.3, -0.25) is 0 Å². The molecule has 2 aromatic heterocycles. The minimum absolute atomic E-state index is 0.309. The standard InChI is InChI=1S/C26H23BrN6O2/c1-16-7-6-8-17(11-16)15-35-24-20(27)12-18(13-22(24)34-3)14-28-31-26-29-25-23(30-32-26)19-9-4-5-10-21(19)33(25)2/h4-14H,15H2,1-3H3,(H,29,31,32)/b28-14+. The highest BCUT2D eigenvalue weighted by atomic mass is 79.9. The van der Waals surface area contributed by atoms with E-state index in [9.17, 15) is 0 Å². The van der Waals surface area contributed by atoms with Crippen LogP contribution < -0.4 is 14.9 Å². The minimum Gasteiger partial charge on any atom is -0.493 e. The second kappa shape index (κ2) is 9.71. The largest absolute Gasteiger partial charge is 0.493 e. The quantitative estimate of drug-likeness (QED) is 0.217. The lowest BCUT2D eigenvalue weighted by atomic mass is 10.1. The van der Waals surface area contributed by atoms with Crippen molar-refractivity contribution in [3.05, 3.63) is 81.8 Å². The van der Waals surface area contributed by atoms with Gasteiger partial charge in [0, 0.05) is 12.4 Å². The van der Waals surface area contributed by atoms with Crippen LogP contribution in [0.25, 0.3) is 22.1 Å². The summed E-state index contributed by atoms with van der Waals surface area (Å²) in [4.78, 5) is 4.58. The summed E-state index contributed by atoms with van der Waals surface area (Å²) in [5.41, 5.74) is 8.49. The van der Waals surface area contributed by atoms with E-state index in [0.717, 1.165) is 37.7 Å². The first-order valence-electron chi connectivity index (χ1n) is 11.0. The predicted molar refractivity (Wildman–Crippen MR) is 141 cm³/mol. The van der Waals surface area contributed by atoms with Crippen molar-refractivity contribution in [2.75, 3.05) is 12.5 Å². The van der Waals surface area contributed by atoms with Gasteiger partial charge in [-0.15, -0.1) is 10.2 Å². The number of hydrazone groups is 1. The Morgan fingerprint density at radius 1 is 1.09 bits per heavy atom. The smallest absolute Gasteiger partial charge is 0.265 e. The average Bonchev–Trinajstić information content (AvgIpc) is 3.15. The van der Waals surface area contributed by atoms with Crippen molar-refractivity contribution in [2.24, 2.45) is 12.1 Å². The maximum absolute atomic E-state index is 6.04. The van der Waals surface area contributed by atoms with Gasteiger partial charge in [0.15, 0.2) is 17.1 Å². The van der Waals surface area contributed by atoms with E-state index in [-0.39, 0.29) is 0 Å². The fraction of sp³-hybridized carbons (Fsp3) is 0.154. The number of hydrogen-bond donors (Lipinski definition) is 1. The number of benzene rings is 3. The zero-order valence-electron chi connectivity index (χ0n) is 19.5. The molecule has 0 aliphatic heterocycles. The van der Waals surface area contributed by atoms with Crippen molar-refractivity contribution < 1.29 is 9.47 Å². The van der Waals surface area contributed by atoms with Crippen molar-refractivity contribution in [1.82, 2.24) is 19.7 Å². The molecule has 5 rings (SSSR count). The molecule has 2 heterocycles. The number of aryl methyl sites for hydroxylation is 2. The second-order valence-corrected chi connectivity index (χ2v) is 8.92. The average molecular weight is 531 g/mol. The third kappa shape index (κ3) is 4.67. The Balaban J connectivity index is 1.33. The van der Waals surface area contributed by atoms with Crippen LogP contribution in [-0.2, 0) is 13.7 Å². The van der Waals surface area contributed by atoms with Gasteiger partial charge in [0.25, 0.3) is 5.95 Å². The number of halogens is 1. The maximum Gasteiger partial charge on any atom is 0.265 e. The van der Waals surface area contributed by atoms with Gasteiger partial charge in [-0.2, -0.15) is 10.1 Å². The van der Waals surface area contributed by atoms with E-state index in [1.807, 2.05) is 60.1 Å². The van der Waals surface area contributed by atoms with E-state index in [1.54, 1.807) is 13.3 Å². The number of methoxy groups -OCH3 is 1. The molecule has 0 fully saturated rings. The highest BCUT2D eigenvalue weighted by Crippen LogP contribution is 2.37. The first-order chi connectivity index (χ1) is 17.0. The molecular formula is C26H23BrN6O2. The van der Waals surface area contributed by atoms with Crippen LogP contribution in [0, 0.1) is 6.92 Å². The first-order valence-corrected chi connectivity index (χ1v) is 11.8. The van der Waals surface area contributed by atoms with Gasteiger partial charge in [-0.05, 0) is 52.2 Å². The Kier molecular flexibility index (Phi) is 6.33. The number of nitrogens with zero attached hydrogens (tertiary/aromatic N) is 5. The molecule has 0 amide bonds. The molecule has 0 unspecified atom stereocenters. The zero-order chi connectivity index (χ0) is 24.4. The molecule has 8 nitrogen and oxygen atoms in total. The van der Waals surface area contributed by atoms with Crippen LogP contribution in [0.4, 0.5) is 5.95 Å². The summed E-state index contributed by atoms with van der Waals surface area (Å²) in [6, 6.07) is 20.0. The summed E-state index contributed by atoms with van der Waals surface area (Å²) in [7, 11) is 3.57. The summed E-state index contributed by atoms with van der Waals surface area (Å²) in [5, 5.41) is 13.8. The van der Waals surface area contributed by atoms with Crippen LogP contribution in [-0.4, -0.2) is 33.1 Å². The van der Waals surface area contributed by atoms with Crippen LogP contribution in [0.1, 0.15) is 16.7 Å². The van der Waals surface area contributed by atoms with Crippen LogP contribution >= 0.6 is 15.9 Å². The molecule has 0 saturated carbocycles. The molecule has 176 valence electrons. The monoisotopic (exact) mass is 530 g/mol. The van der Waals surface area contributed by atoms with Crippen LogP contribution in [0.3, 0.4) is 0 Å². The SMILES string of the molecule is COc1cc(/C=N/Nc2nnc3c4ccccc4n(C)c3n2)cc(Br)c1OCc1cccc(C)c1. The van der Waals surface area contributed by atoms with Gasteiger partial charge in [0.2, 0.25) is 0 Å². The van der Waals surface area contributed by atoms with E-state index in [1.165, 1.54) is 5.56 Å². The third-order valence-corrected chi connectivity index (χ3v) is 6.19. The van der Waals surface area contributed by atoms with Gasteiger partial charge >= 0.3 is 0 Å². The molecule has 3 aromatic carbocycles. The molecule has 5 aromatic rings. The van der Waals surface area contributed by atoms with E-state index >= 15 is 0 Å². The van der Waals surface area contributed by atoms with Gasteiger partial charge in [0.1, 0.15) is 12.1 Å². The lowest BCUT2D eigenvalue weighted by Gasteiger charge is -2.13.